The quantitative estimate of drug-likeness (QED) is 0.759. The number of anilines is 2. The average molecular weight is 299 g/mol. The molecule has 0 bridgehead atoms. The molecular formula is C14H22FN3OS. The molecule has 4 nitrogen and oxygen atoms in total. The molecule has 0 saturated carbocycles. The molecular weight excluding hydrogens is 277 g/mol. The molecule has 6 heteroatoms. The van der Waals surface area contributed by atoms with Gasteiger partial charge >= 0.3 is 0 Å². The van der Waals surface area contributed by atoms with E-state index in [4.69, 9.17) is 5.73 Å². The van der Waals surface area contributed by atoms with Gasteiger partial charge in [0.1, 0.15) is 5.82 Å². The summed E-state index contributed by atoms with van der Waals surface area (Å²) >= 11 is 1.80. The van der Waals surface area contributed by atoms with E-state index in [0.29, 0.717) is 18.3 Å². The van der Waals surface area contributed by atoms with Crippen LogP contribution in [-0.4, -0.2) is 42.4 Å². The first kappa shape index (κ1) is 16.8. The first-order valence-corrected chi connectivity index (χ1v) is 7.87. The van der Waals surface area contributed by atoms with E-state index in [1.807, 2.05) is 11.9 Å². The van der Waals surface area contributed by atoms with Crippen molar-refractivity contribution in [3.63, 3.8) is 0 Å². The summed E-state index contributed by atoms with van der Waals surface area (Å²) in [7, 11) is 1.92. The number of amides is 1. The number of hydrogen-bond donors (Lipinski definition) is 2. The monoisotopic (exact) mass is 299 g/mol. The number of nitrogens with two attached hydrogens (primary N) is 1. The Morgan fingerprint density at radius 3 is 2.85 bits per heavy atom. The maximum Gasteiger partial charge on any atom is 0.238 e. The Morgan fingerprint density at radius 1 is 1.55 bits per heavy atom. The number of thioether (sulfide) groups is 1. The zero-order valence-electron chi connectivity index (χ0n) is 12.1. The van der Waals surface area contributed by atoms with Gasteiger partial charge in [0.05, 0.1) is 12.2 Å². The minimum absolute atomic E-state index is 0.0319. The van der Waals surface area contributed by atoms with Gasteiger partial charge in [0, 0.05) is 11.7 Å². The van der Waals surface area contributed by atoms with Gasteiger partial charge in [-0.15, -0.1) is 0 Å². The molecule has 0 heterocycles. The number of halogens is 1. The standard InChI is InChI=1S/C14H22FN3OS/c1-10(6-7-20-3)18(2)9-14(19)17-11-4-5-12(15)13(16)8-11/h4-5,8,10H,6-7,9,16H2,1-3H3,(H,17,19). The SMILES string of the molecule is CSCCC(C)N(C)CC(=O)Nc1ccc(F)c(N)c1. The van der Waals surface area contributed by atoms with Crippen LogP contribution in [0.3, 0.4) is 0 Å². The molecule has 0 spiro atoms. The molecule has 0 saturated heterocycles. The number of nitrogen functional groups attached to an aromatic ring is 1. The Labute approximate surface area is 123 Å². The number of likely N-dealkylation sites (N-methyl/N-ethyl adjacent to an activating group) is 1. The van der Waals surface area contributed by atoms with Crippen molar-refractivity contribution in [2.24, 2.45) is 0 Å². The summed E-state index contributed by atoms with van der Waals surface area (Å²) in [5, 5.41) is 2.72. The molecule has 1 aromatic rings. The minimum atomic E-state index is -0.481. The Bertz CT molecular complexity index is 456. The van der Waals surface area contributed by atoms with Crippen molar-refractivity contribution in [3.8, 4) is 0 Å². The fourth-order valence-corrected chi connectivity index (χ4v) is 2.29. The van der Waals surface area contributed by atoms with Crippen molar-refractivity contribution in [3.05, 3.63) is 24.0 Å². The zero-order chi connectivity index (χ0) is 15.1. The smallest absolute Gasteiger partial charge is 0.238 e. The summed E-state index contributed by atoms with van der Waals surface area (Å²) in [5.41, 5.74) is 6.01. The van der Waals surface area contributed by atoms with Crippen LogP contribution in [0.2, 0.25) is 0 Å². The molecule has 1 aromatic carbocycles. The summed E-state index contributed by atoms with van der Waals surface area (Å²) in [5.74, 6) is 0.460. The van der Waals surface area contributed by atoms with Crippen LogP contribution < -0.4 is 11.1 Å². The lowest BCUT2D eigenvalue weighted by Gasteiger charge is -2.23. The second-order valence-electron chi connectivity index (χ2n) is 4.83. The van der Waals surface area contributed by atoms with Crippen molar-refractivity contribution < 1.29 is 9.18 Å². The third-order valence-corrected chi connectivity index (χ3v) is 3.81. The third kappa shape index (κ3) is 5.38. The van der Waals surface area contributed by atoms with Crippen molar-refractivity contribution in [1.82, 2.24) is 4.90 Å². The summed E-state index contributed by atoms with van der Waals surface area (Å²) < 4.78 is 13.0. The highest BCUT2D eigenvalue weighted by Gasteiger charge is 2.13. The van der Waals surface area contributed by atoms with Gasteiger partial charge in [-0.2, -0.15) is 11.8 Å². The molecule has 0 fully saturated rings. The molecule has 1 unspecified atom stereocenters. The van der Waals surface area contributed by atoms with E-state index < -0.39 is 5.82 Å². The first-order chi connectivity index (χ1) is 9.43. The van der Waals surface area contributed by atoms with E-state index in [1.54, 1.807) is 11.8 Å². The van der Waals surface area contributed by atoms with Crippen LogP contribution in [0, 0.1) is 5.82 Å². The van der Waals surface area contributed by atoms with Crippen LogP contribution >= 0.6 is 11.8 Å². The number of carbonyl (C=O) groups excluding carboxylic acids is 1. The lowest BCUT2D eigenvalue weighted by molar-refractivity contribution is -0.117. The summed E-state index contributed by atoms with van der Waals surface area (Å²) in [6, 6.07) is 4.51. The van der Waals surface area contributed by atoms with Gasteiger partial charge in [0.25, 0.3) is 0 Å². The number of rotatable bonds is 7. The maximum atomic E-state index is 13.0. The summed E-state index contributed by atoms with van der Waals surface area (Å²) in [6.07, 6.45) is 3.10. The van der Waals surface area contributed by atoms with Crippen LogP contribution in [0.15, 0.2) is 18.2 Å². The number of carbonyl (C=O) groups is 1. The highest BCUT2D eigenvalue weighted by molar-refractivity contribution is 7.98. The van der Waals surface area contributed by atoms with Crippen LogP contribution in [0.4, 0.5) is 15.8 Å². The van der Waals surface area contributed by atoms with E-state index in [-0.39, 0.29) is 11.6 Å². The van der Waals surface area contributed by atoms with Crippen molar-refractivity contribution in [1.29, 1.82) is 0 Å². The zero-order valence-corrected chi connectivity index (χ0v) is 13.0. The minimum Gasteiger partial charge on any atom is -0.396 e. The van der Waals surface area contributed by atoms with Crippen LogP contribution in [0.25, 0.3) is 0 Å². The van der Waals surface area contributed by atoms with Gasteiger partial charge < -0.3 is 11.1 Å². The topological polar surface area (TPSA) is 58.4 Å². The lowest BCUT2D eigenvalue weighted by Crippen LogP contribution is -2.36. The molecule has 0 aliphatic rings. The second kappa shape index (κ2) is 8.11. The molecule has 1 amide bonds. The third-order valence-electron chi connectivity index (χ3n) is 3.16. The Kier molecular flexibility index (Phi) is 6.81. The summed E-state index contributed by atoms with van der Waals surface area (Å²) in [4.78, 5) is 13.9. The lowest BCUT2D eigenvalue weighted by atomic mass is 10.2. The van der Waals surface area contributed by atoms with Crippen LogP contribution in [0.5, 0.6) is 0 Å². The molecule has 0 aromatic heterocycles. The maximum absolute atomic E-state index is 13.0. The van der Waals surface area contributed by atoms with Crippen molar-refractivity contribution in [2.45, 2.75) is 19.4 Å². The van der Waals surface area contributed by atoms with E-state index in [2.05, 4.69) is 18.5 Å². The molecule has 0 radical (unpaired) electrons. The molecule has 20 heavy (non-hydrogen) atoms. The molecule has 1 atom stereocenters. The largest absolute Gasteiger partial charge is 0.396 e. The normalized spacial score (nSPS) is 12.4. The number of nitrogens with zero attached hydrogens (tertiary/aromatic N) is 1. The second-order valence-corrected chi connectivity index (χ2v) is 5.82. The van der Waals surface area contributed by atoms with Crippen molar-refractivity contribution >= 4 is 29.0 Å². The molecule has 3 N–H and O–H groups in total. The molecule has 1 rings (SSSR count). The van der Waals surface area contributed by atoms with Gasteiger partial charge in [-0.3, -0.25) is 9.69 Å². The molecule has 0 aliphatic heterocycles. The van der Waals surface area contributed by atoms with Gasteiger partial charge in [0.15, 0.2) is 0 Å². The van der Waals surface area contributed by atoms with Crippen LogP contribution in [-0.2, 0) is 4.79 Å². The van der Waals surface area contributed by atoms with E-state index in [0.717, 1.165) is 12.2 Å². The van der Waals surface area contributed by atoms with E-state index in [9.17, 15) is 9.18 Å². The van der Waals surface area contributed by atoms with Crippen molar-refractivity contribution in [2.75, 3.05) is 36.7 Å². The molecule has 0 aliphatic carbocycles. The highest BCUT2D eigenvalue weighted by Crippen LogP contribution is 2.16. The predicted octanol–water partition coefficient (Wildman–Crippen LogP) is 2.42. The Hall–Kier alpha value is -1.27. The van der Waals surface area contributed by atoms with Gasteiger partial charge in [0.2, 0.25) is 5.91 Å². The molecule has 112 valence electrons. The summed E-state index contributed by atoms with van der Waals surface area (Å²) in [6.45, 7) is 2.40. The van der Waals surface area contributed by atoms with Gasteiger partial charge in [-0.1, -0.05) is 0 Å². The first-order valence-electron chi connectivity index (χ1n) is 6.48. The Balaban J connectivity index is 2.48. The van der Waals surface area contributed by atoms with Crippen LogP contribution in [0.1, 0.15) is 13.3 Å². The average Bonchev–Trinajstić information content (AvgIpc) is 2.40. The number of benzene rings is 1. The number of nitrogens with one attached hydrogen (secondary N) is 1. The van der Waals surface area contributed by atoms with Gasteiger partial charge in [-0.25, -0.2) is 4.39 Å². The Morgan fingerprint density at radius 2 is 2.25 bits per heavy atom. The number of hydrogen-bond acceptors (Lipinski definition) is 4. The fourth-order valence-electron chi connectivity index (χ4n) is 1.71. The highest BCUT2D eigenvalue weighted by atomic mass is 32.2. The van der Waals surface area contributed by atoms with Gasteiger partial charge in [-0.05, 0) is 50.6 Å². The predicted molar refractivity (Wildman–Crippen MR) is 84.5 cm³/mol. The van der Waals surface area contributed by atoms with E-state index >= 15 is 0 Å². The van der Waals surface area contributed by atoms with E-state index in [1.165, 1.54) is 18.2 Å². The fraction of sp³-hybridized carbons (Fsp3) is 0.500.